The number of nitrogens with zero attached hydrogens (tertiary/aromatic N) is 10. The number of rotatable bonds is 7. The largest absolute Gasteiger partial charge is 0.308 e. The lowest BCUT2D eigenvalue weighted by atomic mass is 10.1. The number of aromatic nitrogens is 10. The Morgan fingerprint density at radius 2 is 0.571 bits per heavy atom. The van der Waals surface area contributed by atoms with Gasteiger partial charge in [-0.3, -0.25) is 23.7 Å². The number of benzene rings is 12. The van der Waals surface area contributed by atoms with Gasteiger partial charge in [0.2, 0.25) is 0 Å². The molecule has 0 amide bonds. The van der Waals surface area contributed by atoms with Gasteiger partial charge < -0.3 is 9.13 Å². The van der Waals surface area contributed by atoms with E-state index in [-0.39, 0.29) is 0 Å². The van der Waals surface area contributed by atoms with Crippen LogP contribution >= 0.6 is 79.6 Å². The number of halogens is 5. The molecule has 15 heteroatoms. The molecule has 22 aromatic rings. The minimum atomic E-state index is 0.978. The predicted molar refractivity (Wildman–Crippen MR) is 482 cm³/mol. The molecular weight excluding hydrogens is 1700 g/mol. The number of hydrogen-bond donors (Lipinski definition) is 0. The Kier molecular flexibility index (Phi) is 20.2. The van der Waals surface area contributed by atoms with Crippen molar-refractivity contribution in [3.63, 3.8) is 0 Å². The molecule has 0 spiro atoms. The fraction of sp³-hybridized carbons (Fsp3) is 0. The maximum atomic E-state index is 4.67. The molecule has 22 rings (SSSR count). The molecule has 0 aliphatic rings. The van der Waals surface area contributed by atoms with Crippen molar-refractivity contribution in [2.24, 2.45) is 0 Å². The Morgan fingerprint density at radius 3 is 1.07 bits per heavy atom. The summed E-state index contributed by atoms with van der Waals surface area (Å²) in [5.74, 6) is 0. The zero-order valence-electron chi connectivity index (χ0n) is 59.7. The smallest absolute Gasteiger partial charge is 0.145 e. The third-order valence-corrected chi connectivity index (χ3v) is 22.7. The van der Waals surface area contributed by atoms with E-state index in [1.165, 1.54) is 87.3 Å². The van der Waals surface area contributed by atoms with Crippen LogP contribution in [0.2, 0.25) is 0 Å². The third-order valence-electron chi connectivity index (χ3n) is 20.0. The summed E-state index contributed by atoms with van der Waals surface area (Å²) >= 11 is 18.1. The molecule has 0 aliphatic carbocycles. The molecule has 0 saturated heterocycles. The minimum absolute atomic E-state index is 0.978. The lowest BCUT2D eigenvalue weighted by molar-refractivity contribution is 1.13. The van der Waals surface area contributed by atoms with Crippen molar-refractivity contribution >= 4 is 189 Å². The second kappa shape index (κ2) is 31.6. The van der Waals surface area contributed by atoms with Crippen LogP contribution < -0.4 is 0 Å². The van der Waals surface area contributed by atoms with Gasteiger partial charge in [0.05, 0.1) is 48.6 Å². The zero-order chi connectivity index (χ0) is 75.6. The standard InChI is InChI=1S/2C23H15BrN2.3C17H11BrN2/c24-18-11-12-20-21-10-5-13-25-23(21)26(22(20)15-18)19-9-4-8-17(14-19)16-6-2-1-3-7-16;24-18-10-13-20-21-7-4-14-25-23(21)26(22(20)15-18)19-11-8-17(9-12-19)16-5-2-1-3-6-16;18-15-11-19-10-14-13-8-4-5-9-16(13)20(17(14)15)12-6-2-1-3-7-12;18-14-10-11-19-16-13-8-4-5-9-15(13)20(17(14)16)12-6-2-1-3-7-12;18-12-8-9-14-15-7-4-10-19-17(15)20(16(14)11-12)13-5-2-1-3-6-13/h2*1-15H;3*1-11H. The molecule has 112 heavy (non-hydrogen) atoms. The van der Waals surface area contributed by atoms with E-state index in [0.717, 1.165) is 95.3 Å². The Balaban J connectivity index is 0.0000000983. The summed E-state index contributed by atoms with van der Waals surface area (Å²) in [5.41, 5.74) is 22.6. The molecule has 0 N–H and O–H groups in total. The summed E-state index contributed by atoms with van der Waals surface area (Å²) in [4.78, 5) is 22.8. The zero-order valence-corrected chi connectivity index (χ0v) is 67.7. The van der Waals surface area contributed by atoms with Crippen molar-refractivity contribution in [2.45, 2.75) is 0 Å². The molecule has 0 saturated carbocycles. The van der Waals surface area contributed by atoms with Crippen LogP contribution in [0.5, 0.6) is 0 Å². The molecule has 0 fully saturated rings. The first-order valence-electron chi connectivity index (χ1n) is 36.4. The Labute approximate surface area is 686 Å². The van der Waals surface area contributed by atoms with Gasteiger partial charge in [-0.05, 0) is 206 Å². The van der Waals surface area contributed by atoms with Crippen molar-refractivity contribution in [1.29, 1.82) is 0 Å². The van der Waals surface area contributed by atoms with Crippen molar-refractivity contribution < 1.29 is 0 Å². The second-order valence-corrected chi connectivity index (χ2v) is 31.1. The van der Waals surface area contributed by atoms with Gasteiger partial charge in [0.25, 0.3) is 0 Å². The first-order chi connectivity index (χ1) is 55.2. The Hall–Kier alpha value is -12.2. The molecule has 0 bridgehead atoms. The molecule has 0 atom stereocenters. The highest BCUT2D eigenvalue weighted by molar-refractivity contribution is 9.11. The number of pyridine rings is 5. The van der Waals surface area contributed by atoms with Gasteiger partial charge in [0, 0.05) is 132 Å². The maximum Gasteiger partial charge on any atom is 0.145 e. The van der Waals surface area contributed by atoms with Crippen molar-refractivity contribution in [1.82, 2.24) is 47.8 Å². The van der Waals surface area contributed by atoms with Crippen LogP contribution in [0.25, 0.3) is 160 Å². The van der Waals surface area contributed by atoms with Crippen LogP contribution in [-0.4, -0.2) is 47.8 Å². The van der Waals surface area contributed by atoms with Crippen molar-refractivity contribution in [3.05, 3.63) is 405 Å². The van der Waals surface area contributed by atoms with E-state index in [4.69, 9.17) is 0 Å². The minimum Gasteiger partial charge on any atom is -0.308 e. The van der Waals surface area contributed by atoms with E-state index in [1.807, 2.05) is 104 Å². The van der Waals surface area contributed by atoms with Gasteiger partial charge in [0.15, 0.2) is 0 Å². The topological polar surface area (TPSA) is 89.1 Å². The van der Waals surface area contributed by atoms with Gasteiger partial charge in [-0.15, -0.1) is 0 Å². The number of para-hydroxylation sites is 5. The average molecular weight is 1770 g/mol. The van der Waals surface area contributed by atoms with E-state index in [0.29, 0.717) is 0 Å². The summed E-state index contributed by atoms with van der Waals surface area (Å²) in [7, 11) is 0. The Bertz CT molecular complexity index is 7030. The molecule has 10 heterocycles. The lowest BCUT2D eigenvalue weighted by Gasteiger charge is -2.10. The van der Waals surface area contributed by atoms with Crippen LogP contribution in [0.3, 0.4) is 0 Å². The van der Waals surface area contributed by atoms with Crippen LogP contribution in [-0.2, 0) is 0 Å². The molecule has 0 aliphatic heterocycles. The predicted octanol–water partition coefficient (Wildman–Crippen LogP) is 28.0. The van der Waals surface area contributed by atoms with Crippen molar-refractivity contribution in [2.75, 3.05) is 0 Å². The first-order valence-corrected chi connectivity index (χ1v) is 40.3. The summed E-state index contributed by atoms with van der Waals surface area (Å²) in [6.07, 6.45) is 11.2. The molecule has 0 unspecified atom stereocenters. The first kappa shape index (κ1) is 71.4. The van der Waals surface area contributed by atoms with E-state index in [1.54, 1.807) is 0 Å². The highest BCUT2D eigenvalue weighted by Crippen LogP contribution is 2.40. The highest BCUT2D eigenvalue weighted by Gasteiger charge is 2.20. The fourth-order valence-corrected chi connectivity index (χ4v) is 17.1. The molecule has 536 valence electrons. The summed E-state index contributed by atoms with van der Waals surface area (Å²) < 4.78 is 16.5. The second-order valence-electron chi connectivity index (χ2n) is 26.7. The van der Waals surface area contributed by atoms with E-state index >= 15 is 0 Å². The molecular formula is C97H63Br5N10. The monoisotopic (exact) mass is 1760 g/mol. The van der Waals surface area contributed by atoms with Crippen LogP contribution in [0.1, 0.15) is 0 Å². The SMILES string of the molecule is Brc1ccc2c3cccnc3n(-c3ccc(-c4ccccc4)cc3)c2c1.Brc1ccc2c3cccnc3n(-c3cccc(-c4ccccc4)c3)c2c1.Brc1ccc2c3cccnc3n(-c3ccccc3)c2c1.Brc1ccnc2c3ccccc3n(-c3ccccc3)c12.Brc1cncc2c3ccccc3n(-c3ccccc3)c12. The Morgan fingerprint density at radius 1 is 0.205 bits per heavy atom. The van der Waals surface area contributed by atoms with Gasteiger partial charge in [-0.1, -0.05) is 242 Å². The average Bonchev–Trinajstić information content (AvgIpc) is 1.62. The maximum absolute atomic E-state index is 4.67. The third kappa shape index (κ3) is 13.8. The fourth-order valence-electron chi connectivity index (χ4n) is 15.1. The van der Waals surface area contributed by atoms with E-state index < -0.39 is 0 Å². The lowest BCUT2D eigenvalue weighted by Crippen LogP contribution is -1.95. The van der Waals surface area contributed by atoms with Crippen LogP contribution in [0.4, 0.5) is 0 Å². The summed E-state index contributed by atoms with van der Waals surface area (Å²) in [5, 5.41) is 10.7. The van der Waals surface area contributed by atoms with Crippen LogP contribution in [0, 0.1) is 0 Å². The molecule has 0 radical (unpaired) electrons. The van der Waals surface area contributed by atoms with Gasteiger partial charge in [-0.25, -0.2) is 15.0 Å². The highest BCUT2D eigenvalue weighted by atomic mass is 79.9. The quantitative estimate of drug-likeness (QED) is 0.159. The van der Waals surface area contributed by atoms with Gasteiger partial charge >= 0.3 is 0 Å². The number of fused-ring (bicyclic) bond motifs is 15. The summed E-state index contributed by atoms with van der Waals surface area (Å²) in [6, 6.07) is 120. The molecule has 10 aromatic heterocycles. The van der Waals surface area contributed by atoms with E-state index in [9.17, 15) is 0 Å². The van der Waals surface area contributed by atoms with Crippen LogP contribution in [0.15, 0.2) is 405 Å². The molecule has 12 aromatic carbocycles. The normalized spacial score (nSPS) is 11.3. The number of hydrogen-bond acceptors (Lipinski definition) is 5. The van der Waals surface area contributed by atoms with Gasteiger partial charge in [0.1, 0.15) is 16.9 Å². The van der Waals surface area contributed by atoms with Gasteiger partial charge in [-0.2, -0.15) is 0 Å². The summed E-state index contributed by atoms with van der Waals surface area (Å²) in [6.45, 7) is 0. The van der Waals surface area contributed by atoms with Crippen molar-refractivity contribution in [3.8, 4) is 50.7 Å². The van der Waals surface area contributed by atoms with E-state index in [2.05, 4.69) is 406 Å². The molecule has 10 nitrogen and oxygen atoms in total.